The standard InChI is InChI=1S/C26H24N4O4/c1-32-19-9-6-17(7-10-19)23-22-24(29-28-23)26(31)30(15-16-5-4-12-27-14-16)25(22)18-8-11-20(33-2)21(13-18)34-3/h4-14,25H,15H2,1-3H3,(H,28,29). The van der Waals surface area contributed by atoms with Gasteiger partial charge in [0.2, 0.25) is 0 Å². The number of fused-ring (bicyclic) bond motifs is 1. The maximum atomic E-state index is 13.6. The van der Waals surface area contributed by atoms with Crippen molar-refractivity contribution in [3.05, 3.63) is 89.4 Å². The highest BCUT2D eigenvalue weighted by atomic mass is 16.5. The summed E-state index contributed by atoms with van der Waals surface area (Å²) in [6.07, 6.45) is 3.49. The van der Waals surface area contributed by atoms with Crippen molar-refractivity contribution in [3.8, 4) is 28.5 Å². The summed E-state index contributed by atoms with van der Waals surface area (Å²) in [5.74, 6) is 1.85. The molecule has 1 aliphatic rings. The van der Waals surface area contributed by atoms with E-state index in [0.29, 0.717) is 23.7 Å². The zero-order chi connectivity index (χ0) is 23.7. The van der Waals surface area contributed by atoms with Crippen LogP contribution in [0.3, 0.4) is 0 Å². The number of methoxy groups -OCH3 is 3. The van der Waals surface area contributed by atoms with Gasteiger partial charge >= 0.3 is 0 Å². The number of benzene rings is 2. The van der Waals surface area contributed by atoms with E-state index < -0.39 is 0 Å². The van der Waals surface area contributed by atoms with Crippen LogP contribution in [0.15, 0.2) is 67.0 Å². The van der Waals surface area contributed by atoms with Gasteiger partial charge in [-0.3, -0.25) is 14.9 Å². The Morgan fingerprint density at radius 3 is 2.44 bits per heavy atom. The molecule has 1 aliphatic heterocycles. The summed E-state index contributed by atoms with van der Waals surface area (Å²) in [7, 11) is 4.82. The molecule has 1 N–H and O–H groups in total. The molecule has 5 rings (SSSR count). The Hall–Kier alpha value is -4.33. The average molecular weight is 457 g/mol. The zero-order valence-electron chi connectivity index (χ0n) is 19.1. The van der Waals surface area contributed by atoms with E-state index in [9.17, 15) is 4.79 Å². The van der Waals surface area contributed by atoms with E-state index in [0.717, 1.165) is 33.7 Å². The number of ether oxygens (including phenoxy) is 3. The molecule has 0 aliphatic carbocycles. The molecule has 4 aromatic rings. The van der Waals surface area contributed by atoms with E-state index >= 15 is 0 Å². The molecule has 0 fully saturated rings. The highest BCUT2D eigenvalue weighted by Crippen LogP contribution is 2.45. The van der Waals surface area contributed by atoms with Crippen LogP contribution in [0.4, 0.5) is 0 Å². The summed E-state index contributed by atoms with van der Waals surface area (Å²) < 4.78 is 16.3. The van der Waals surface area contributed by atoms with Gasteiger partial charge in [0.1, 0.15) is 11.4 Å². The molecule has 2 aromatic carbocycles. The molecule has 34 heavy (non-hydrogen) atoms. The zero-order valence-corrected chi connectivity index (χ0v) is 19.1. The van der Waals surface area contributed by atoms with Crippen LogP contribution in [0.25, 0.3) is 11.3 Å². The molecule has 1 amide bonds. The number of nitrogens with zero attached hydrogens (tertiary/aromatic N) is 3. The number of rotatable bonds is 7. The van der Waals surface area contributed by atoms with Gasteiger partial charge in [0.25, 0.3) is 5.91 Å². The van der Waals surface area contributed by atoms with E-state index in [4.69, 9.17) is 14.2 Å². The van der Waals surface area contributed by atoms with E-state index in [1.807, 2.05) is 59.5 Å². The van der Waals surface area contributed by atoms with Crippen molar-refractivity contribution in [3.63, 3.8) is 0 Å². The van der Waals surface area contributed by atoms with Crippen molar-refractivity contribution in [1.82, 2.24) is 20.1 Å². The molecule has 0 saturated heterocycles. The molecular weight excluding hydrogens is 432 g/mol. The minimum absolute atomic E-state index is 0.120. The van der Waals surface area contributed by atoms with Crippen molar-refractivity contribution in [2.45, 2.75) is 12.6 Å². The number of H-pyrrole nitrogens is 1. The molecule has 1 atom stereocenters. The van der Waals surface area contributed by atoms with Crippen LogP contribution in [0.5, 0.6) is 17.2 Å². The Kier molecular flexibility index (Phi) is 5.63. The molecule has 1 unspecified atom stereocenters. The maximum absolute atomic E-state index is 13.6. The second kappa shape index (κ2) is 8.90. The molecular formula is C26H24N4O4. The summed E-state index contributed by atoms with van der Waals surface area (Å²) in [6.45, 7) is 0.399. The second-order valence-electron chi connectivity index (χ2n) is 7.90. The fourth-order valence-electron chi connectivity index (χ4n) is 4.39. The van der Waals surface area contributed by atoms with Gasteiger partial charge in [0.05, 0.1) is 33.1 Å². The number of carbonyl (C=O) groups is 1. The lowest BCUT2D eigenvalue weighted by atomic mass is 9.95. The number of carbonyl (C=O) groups excluding carboxylic acids is 1. The molecule has 0 bridgehead atoms. The van der Waals surface area contributed by atoms with Crippen molar-refractivity contribution in [2.24, 2.45) is 0 Å². The van der Waals surface area contributed by atoms with Gasteiger partial charge in [-0.25, -0.2) is 0 Å². The lowest BCUT2D eigenvalue weighted by Crippen LogP contribution is -2.29. The third-order valence-corrected chi connectivity index (χ3v) is 6.03. The first kappa shape index (κ1) is 21.5. The summed E-state index contributed by atoms with van der Waals surface area (Å²) in [4.78, 5) is 19.6. The summed E-state index contributed by atoms with van der Waals surface area (Å²) >= 11 is 0. The lowest BCUT2D eigenvalue weighted by molar-refractivity contribution is 0.0729. The second-order valence-corrected chi connectivity index (χ2v) is 7.90. The first-order valence-electron chi connectivity index (χ1n) is 10.8. The Bertz CT molecular complexity index is 1320. The molecule has 3 heterocycles. The van der Waals surface area contributed by atoms with Crippen LogP contribution in [-0.2, 0) is 6.54 Å². The SMILES string of the molecule is COc1ccc(-c2n[nH]c3c2C(c2ccc(OC)c(OC)c2)N(Cc2cccnc2)C3=O)cc1. The third kappa shape index (κ3) is 3.63. The predicted octanol–water partition coefficient (Wildman–Crippen LogP) is 4.24. The number of aromatic nitrogens is 3. The van der Waals surface area contributed by atoms with E-state index in [1.165, 1.54) is 0 Å². The van der Waals surface area contributed by atoms with E-state index in [-0.39, 0.29) is 11.9 Å². The topological polar surface area (TPSA) is 89.6 Å². The monoisotopic (exact) mass is 456 g/mol. The number of hydrogen-bond donors (Lipinski definition) is 1. The third-order valence-electron chi connectivity index (χ3n) is 6.03. The number of hydrogen-bond acceptors (Lipinski definition) is 6. The highest BCUT2D eigenvalue weighted by Gasteiger charge is 2.42. The molecule has 0 radical (unpaired) electrons. The molecule has 2 aromatic heterocycles. The predicted molar refractivity (Wildman–Crippen MR) is 126 cm³/mol. The minimum atomic E-state index is -0.377. The van der Waals surface area contributed by atoms with Gasteiger partial charge in [0.15, 0.2) is 11.5 Å². The maximum Gasteiger partial charge on any atom is 0.273 e. The van der Waals surface area contributed by atoms with Gasteiger partial charge in [-0.05, 0) is 53.6 Å². The minimum Gasteiger partial charge on any atom is -0.497 e. The number of amides is 1. The largest absolute Gasteiger partial charge is 0.497 e. The Morgan fingerprint density at radius 2 is 1.76 bits per heavy atom. The van der Waals surface area contributed by atoms with Crippen molar-refractivity contribution in [1.29, 1.82) is 0 Å². The fourth-order valence-corrected chi connectivity index (χ4v) is 4.39. The number of pyridine rings is 1. The van der Waals surface area contributed by atoms with Crippen molar-refractivity contribution >= 4 is 5.91 Å². The normalized spacial score (nSPS) is 14.7. The average Bonchev–Trinajstić information content (AvgIpc) is 3.43. The molecule has 172 valence electrons. The van der Waals surface area contributed by atoms with Gasteiger partial charge in [-0.2, -0.15) is 5.10 Å². The fraction of sp³-hybridized carbons (Fsp3) is 0.192. The quantitative estimate of drug-likeness (QED) is 0.447. The molecule has 8 heteroatoms. The number of aromatic amines is 1. The smallest absolute Gasteiger partial charge is 0.273 e. The Morgan fingerprint density at radius 1 is 0.971 bits per heavy atom. The van der Waals surface area contributed by atoms with Crippen molar-refractivity contribution < 1.29 is 19.0 Å². The van der Waals surface area contributed by atoms with Crippen LogP contribution in [0.2, 0.25) is 0 Å². The number of nitrogens with one attached hydrogen (secondary N) is 1. The van der Waals surface area contributed by atoms with Crippen LogP contribution in [0, 0.1) is 0 Å². The van der Waals surface area contributed by atoms with Gasteiger partial charge in [0, 0.05) is 30.1 Å². The van der Waals surface area contributed by atoms with Crippen LogP contribution in [-0.4, -0.2) is 47.3 Å². The Labute approximate surface area is 197 Å². The van der Waals surface area contributed by atoms with Crippen LogP contribution in [0.1, 0.15) is 33.2 Å². The van der Waals surface area contributed by atoms with Crippen LogP contribution >= 0.6 is 0 Å². The lowest BCUT2D eigenvalue weighted by Gasteiger charge is -2.27. The summed E-state index contributed by atoms with van der Waals surface area (Å²) in [5.41, 5.74) is 4.75. The molecule has 0 saturated carbocycles. The van der Waals surface area contributed by atoms with Gasteiger partial charge < -0.3 is 19.1 Å². The Balaban J connectivity index is 1.65. The molecule has 0 spiro atoms. The molecule has 8 nitrogen and oxygen atoms in total. The summed E-state index contributed by atoms with van der Waals surface area (Å²) in [5, 5.41) is 7.51. The summed E-state index contributed by atoms with van der Waals surface area (Å²) in [6, 6.07) is 16.8. The van der Waals surface area contributed by atoms with Crippen LogP contribution < -0.4 is 14.2 Å². The van der Waals surface area contributed by atoms with E-state index in [2.05, 4.69) is 15.2 Å². The first-order valence-corrected chi connectivity index (χ1v) is 10.8. The van der Waals surface area contributed by atoms with E-state index in [1.54, 1.807) is 33.7 Å². The van der Waals surface area contributed by atoms with Gasteiger partial charge in [-0.15, -0.1) is 0 Å². The van der Waals surface area contributed by atoms with Gasteiger partial charge in [-0.1, -0.05) is 12.1 Å². The highest BCUT2D eigenvalue weighted by molar-refractivity contribution is 6.00. The first-order chi connectivity index (χ1) is 16.6. The van der Waals surface area contributed by atoms with Crippen molar-refractivity contribution in [2.75, 3.05) is 21.3 Å².